The normalized spacial score (nSPS) is 22.8. The molecule has 0 spiro atoms. The molecule has 2 aromatic rings. The van der Waals surface area contributed by atoms with Crippen LogP contribution in [0.3, 0.4) is 0 Å². The Morgan fingerprint density at radius 2 is 2.25 bits per heavy atom. The molecule has 1 aromatic carbocycles. The SMILES string of the molecule is Cc1ccccc1CCC(=O)N1CC[C@@H]2OCc3cnnn3[C@@H]2C1. The zero-order valence-corrected chi connectivity index (χ0v) is 13.9. The number of piperidine rings is 1. The van der Waals surface area contributed by atoms with Crippen molar-refractivity contribution in [3.63, 3.8) is 0 Å². The molecular formula is C18H22N4O2. The molecule has 0 radical (unpaired) electrons. The molecule has 24 heavy (non-hydrogen) atoms. The van der Waals surface area contributed by atoms with Crippen LogP contribution in [0.1, 0.15) is 35.7 Å². The van der Waals surface area contributed by atoms with Gasteiger partial charge in [0, 0.05) is 19.5 Å². The van der Waals surface area contributed by atoms with E-state index in [0.717, 1.165) is 25.1 Å². The summed E-state index contributed by atoms with van der Waals surface area (Å²) in [6.45, 7) is 4.08. The van der Waals surface area contributed by atoms with Crippen molar-refractivity contribution in [3.8, 4) is 0 Å². The van der Waals surface area contributed by atoms with Crippen LogP contribution in [0.15, 0.2) is 30.5 Å². The van der Waals surface area contributed by atoms with Crippen LogP contribution in [0.4, 0.5) is 0 Å². The van der Waals surface area contributed by atoms with Gasteiger partial charge >= 0.3 is 0 Å². The van der Waals surface area contributed by atoms with Crippen LogP contribution in [-0.2, 0) is 22.6 Å². The molecule has 1 amide bonds. The van der Waals surface area contributed by atoms with Crippen molar-refractivity contribution in [1.82, 2.24) is 19.9 Å². The highest BCUT2D eigenvalue weighted by Gasteiger charge is 2.37. The summed E-state index contributed by atoms with van der Waals surface area (Å²) in [5.41, 5.74) is 3.49. The Kier molecular flexibility index (Phi) is 4.06. The lowest BCUT2D eigenvalue weighted by Crippen LogP contribution is -2.49. The predicted octanol–water partition coefficient (Wildman–Crippen LogP) is 1.89. The second-order valence-corrected chi connectivity index (χ2v) is 6.64. The fraction of sp³-hybridized carbons (Fsp3) is 0.500. The van der Waals surface area contributed by atoms with E-state index in [0.29, 0.717) is 19.6 Å². The minimum Gasteiger partial charge on any atom is -0.370 e. The molecule has 1 aromatic heterocycles. The quantitative estimate of drug-likeness (QED) is 0.864. The molecule has 1 saturated heterocycles. The van der Waals surface area contributed by atoms with Crippen LogP contribution in [0.5, 0.6) is 0 Å². The van der Waals surface area contributed by atoms with Crippen LogP contribution in [0.2, 0.25) is 0 Å². The number of amides is 1. The van der Waals surface area contributed by atoms with Crippen LogP contribution in [-0.4, -0.2) is 45.0 Å². The van der Waals surface area contributed by atoms with Crippen molar-refractivity contribution >= 4 is 5.91 Å². The van der Waals surface area contributed by atoms with Crippen molar-refractivity contribution < 1.29 is 9.53 Å². The third-order valence-corrected chi connectivity index (χ3v) is 5.15. The largest absolute Gasteiger partial charge is 0.370 e. The maximum atomic E-state index is 12.6. The summed E-state index contributed by atoms with van der Waals surface area (Å²) in [7, 11) is 0. The van der Waals surface area contributed by atoms with Gasteiger partial charge in [-0.2, -0.15) is 0 Å². The summed E-state index contributed by atoms with van der Waals surface area (Å²) in [6.07, 6.45) is 4.09. The lowest BCUT2D eigenvalue weighted by molar-refractivity contribution is -0.138. The van der Waals surface area contributed by atoms with Crippen LogP contribution in [0, 0.1) is 6.92 Å². The summed E-state index contributed by atoms with van der Waals surface area (Å²) < 4.78 is 7.84. The number of nitrogens with zero attached hydrogens (tertiary/aromatic N) is 4. The first-order valence-corrected chi connectivity index (χ1v) is 8.55. The first kappa shape index (κ1) is 15.3. The van der Waals surface area contributed by atoms with Gasteiger partial charge in [-0.05, 0) is 30.9 Å². The fourth-order valence-corrected chi connectivity index (χ4v) is 3.70. The molecule has 2 aliphatic heterocycles. The van der Waals surface area contributed by atoms with E-state index in [-0.39, 0.29) is 18.1 Å². The smallest absolute Gasteiger partial charge is 0.222 e. The molecule has 4 rings (SSSR count). The molecule has 0 aliphatic carbocycles. The van der Waals surface area contributed by atoms with Crippen molar-refractivity contribution in [1.29, 1.82) is 0 Å². The monoisotopic (exact) mass is 326 g/mol. The summed E-state index contributed by atoms with van der Waals surface area (Å²) in [5.74, 6) is 0.212. The Balaban J connectivity index is 1.41. The number of carbonyl (C=O) groups is 1. The molecule has 6 nitrogen and oxygen atoms in total. The average Bonchev–Trinajstić information content (AvgIpc) is 3.09. The van der Waals surface area contributed by atoms with Crippen molar-refractivity contribution in [3.05, 3.63) is 47.3 Å². The number of aryl methyl sites for hydroxylation is 2. The summed E-state index contributed by atoms with van der Waals surface area (Å²) >= 11 is 0. The van der Waals surface area contributed by atoms with Gasteiger partial charge in [0.15, 0.2) is 0 Å². The lowest BCUT2D eigenvalue weighted by Gasteiger charge is -2.41. The van der Waals surface area contributed by atoms with Gasteiger partial charge in [-0.3, -0.25) is 4.79 Å². The highest BCUT2D eigenvalue weighted by molar-refractivity contribution is 5.76. The predicted molar refractivity (Wildman–Crippen MR) is 88.3 cm³/mol. The van der Waals surface area contributed by atoms with E-state index in [9.17, 15) is 4.79 Å². The van der Waals surface area contributed by atoms with E-state index in [1.165, 1.54) is 11.1 Å². The first-order chi connectivity index (χ1) is 11.7. The first-order valence-electron chi connectivity index (χ1n) is 8.55. The minimum atomic E-state index is 0.0902. The fourth-order valence-electron chi connectivity index (χ4n) is 3.70. The number of fused-ring (bicyclic) bond motifs is 3. The van der Waals surface area contributed by atoms with Gasteiger partial charge in [0.2, 0.25) is 5.91 Å². The Bertz CT molecular complexity index is 742. The van der Waals surface area contributed by atoms with E-state index < -0.39 is 0 Å². The summed E-state index contributed by atoms with van der Waals surface area (Å²) in [5, 5.41) is 8.17. The van der Waals surface area contributed by atoms with Crippen molar-refractivity contribution in [2.45, 2.75) is 44.9 Å². The zero-order valence-electron chi connectivity index (χ0n) is 13.9. The summed E-state index contributed by atoms with van der Waals surface area (Å²) in [6, 6.07) is 8.35. The minimum absolute atomic E-state index is 0.0902. The molecule has 2 atom stereocenters. The molecule has 0 saturated carbocycles. The van der Waals surface area contributed by atoms with Gasteiger partial charge in [-0.15, -0.1) is 5.10 Å². The number of likely N-dealkylation sites (tertiary alicyclic amines) is 1. The van der Waals surface area contributed by atoms with E-state index in [1.54, 1.807) is 6.20 Å². The molecule has 2 aliphatic rings. The number of rotatable bonds is 3. The standard InChI is InChI=1S/C18H22N4O2/c1-13-4-2-3-5-14(13)6-7-18(23)21-9-8-17-16(11-21)22-15(12-24-17)10-19-20-22/h2-5,10,16-17H,6-9,11-12H2,1H3/t16-,17+/m1/s1. The second-order valence-electron chi connectivity index (χ2n) is 6.64. The summed E-state index contributed by atoms with van der Waals surface area (Å²) in [4.78, 5) is 14.6. The number of hydrogen-bond acceptors (Lipinski definition) is 4. The maximum Gasteiger partial charge on any atom is 0.222 e. The highest BCUT2D eigenvalue weighted by atomic mass is 16.5. The van der Waals surface area contributed by atoms with Crippen LogP contribution >= 0.6 is 0 Å². The number of benzene rings is 1. The van der Waals surface area contributed by atoms with Crippen molar-refractivity contribution in [2.75, 3.05) is 13.1 Å². The Hall–Kier alpha value is -2.21. The third-order valence-electron chi connectivity index (χ3n) is 5.15. The molecule has 6 heteroatoms. The molecule has 0 unspecified atom stereocenters. The van der Waals surface area contributed by atoms with E-state index in [4.69, 9.17) is 4.74 Å². The second kappa shape index (κ2) is 6.36. The molecule has 126 valence electrons. The highest BCUT2D eigenvalue weighted by Crippen LogP contribution is 2.30. The van der Waals surface area contributed by atoms with Crippen molar-refractivity contribution in [2.24, 2.45) is 0 Å². The Morgan fingerprint density at radius 3 is 3.12 bits per heavy atom. The number of carbonyl (C=O) groups excluding carboxylic acids is 1. The van der Waals surface area contributed by atoms with Gasteiger partial charge in [0.25, 0.3) is 0 Å². The van der Waals surface area contributed by atoms with Gasteiger partial charge in [-0.25, -0.2) is 4.68 Å². The molecule has 3 heterocycles. The van der Waals surface area contributed by atoms with Gasteiger partial charge in [0.05, 0.1) is 30.6 Å². The molecule has 1 fully saturated rings. The van der Waals surface area contributed by atoms with Crippen LogP contribution < -0.4 is 0 Å². The van der Waals surface area contributed by atoms with Gasteiger partial charge < -0.3 is 9.64 Å². The molecule has 0 N–H and O–H groups in total. The van der Waals surface area contributed by atoms with Gasteiger partial charge in [0.1, 0.15) is 0 Å². The van der Waals surface area contributed by atoms with E-state index in [1.807, 2.05) is 21.7 Å². The number of ether oxygens (including phenoxy) is 1. The Morgan fingerprint density at radius 1 is 1.38 bits per heavy atom. The van der Waals surface area contributed by atoms with E-state index in [2.05, 4.69) is 29.4 Å². The van der Waals surface area contributed by atoms with E-state index >= 15 is 0 Å². The maximum absolute atomic E-state index is 12.6. The molecular weight excluding hydrogens is 304 g/mol. The lowest BCUT2D eigenvalue weighted by atomic mass is 9.99. The topological polar surface area (TPSA) is 60.3 Å². The van der Waals surface area contributed by atoms with Crippen LogP contribution in [0.25, 0.3) is 0 Å². The number of hydrogen-bond donors (Lipinski definition) is 0. The van der Waals surface area contributed by atoms with Gasteiger partial charge in [-0.1, -0.05) is 29.5 Å². The molecule has 0 bridgehead atoms. The Labute approximate surface area is 141 Å². The third kappa shape index (κ3) is 2.82. The number of aromatic nitrogens is 3. The zero-order chi connectivity index (χ0) is 16.5. The average molecular weight is 326 g/mol.